The molecule has 1 N–H and O–H groups in total. The van der Waals surface area contributed by atoms with Gasteiger partial charge in [0.15, 0.2) is 5.60 Å². The van der Waals surface area contributed by atoms with Crippen molar-refractivity contribution >= 4 is 15.9 Å². The number of rotatable bonds is 5. The number of hydrogen-bond donors (Lipinski definition) is 1. The Hall–Kier alpha value is -1.76. The first-order chi connectivity index (χ1) is 10.1. The van der Waals surface area contributed by atoms with E-state index in [1.165, 1.54) is 0 Å². The number of ether oxygens (including phenoxy) is 1. The molecule has 0 aromatic heterocycles. The Labute approximate surface area is 133 Å². The maximum Gasteiger partial charge on any atom is 0.176 e. The van der Waals surface area contributed by atoms with Gasteiger partial charge in [-0.25, -0.2) is 0 Å². The Balaban J connectivity index is 2.32. The summed E-state index contributed by atoms with van der Waals surface area (Å²) in [5.74, 6) is 3.27. The molecule has 0 aliphatic carbocycles. The molecule has 0 bridgehead atoms. The monoisotopic (exact) mass is 344 g/mol. The van der Waals surface area contributed by atoms with Crippen molar-refractivity contribution in [2.75, 3.05) is 6.61 Å². The normalized spacial score (nSPS) is 13.2. The lowest BCUT2D eigenvalue weighted by atomic mass is 9.87. The van der Waals surface area contributed by atoms with Gasteiger partial charge in [0.2, 0.25) is 0 Å². The fourth-order valence-corrected chi connectivity index (χ4v) is 2.30. The van der Waals surface area contributed by atoms with Crippen molar-refractivity contribution in [2.45, 2.75) is 18.9 Å². The maximum atomic E-state index is 10.8. The Kier molecular flexibility index (Phi) is 5.06. The summed E-state index contributed by atoms with van der Waals surface area (Å²) < 4.78 is 6.48. The molecule has 2 aromatic carbocycles. The molecule has 1 unspecified atom stereocenters. The van der Waals surface area contributed by atoms with E-state index in [1.54, 1.807) is 12.1 Å². The van der Waals surface area contributed by atoms with Gasteiger partial charge in [-0.15, -0.1) is 6.42 Å². The first kappa shape index (κ1) is 15.6. The number of halogens is 1. The van der Waals surface area contributed by atoms with Gasteiger partial charge in [-0.3, -0.25) is 0 Å². The Morgan fingerprint density at radius 1 is 1.10 bits per heavy atom. The summed E-state index contributed by atoms with van der Waals surface area (Å²) in [4.78, 5) is 0. The van der Waals surface area contributed by atoms with Crippen LogP contribution in [0, 0.1) is 12.3 Å². The van der Waals surface area contributed by atoms with Crippen LogP contribution in [0.25, 0.3) is 0 Å². The Bertz CT molecular complexity index is 626. The predicted molar refractivity (Wildman–Crippen MR) is 88.2 cm³/mol. The first-order valence-corrected chi connectivity index (χ1v) is 7.59. The SMILES string of the molecule is C#CC(O)(c1ccc(Br)cc1)c1ccc(OCCC)cc1. The fourth-order valence-electron chi connectivity index (χ4n) is 2.04. The largest absolute Gasteiger partial charge is 0.494 e. The molecule has 0 spiro atoms. The fraction of sp³-hybridized carbons (Fsp3) is 0.222. The van der Waals surface area contributed by atoms with E-state index in [0.29, 0.717) is 17.7 Å². The van der Waals surface area contributed by atoms with E-state index in [2.05, 4.69) is 28.8 Å². The van der Waals surface area contributed by atoms with Crippen LogP contribution in [0.2, 0.25) is 0 Å². The third kappa shape index (κ3) is 3.47. The molecule has 0 aliphatic rings. The highest BCUT2D eigenvalue weighted by atomic mass is 79.9. The average Bonchev–Trinajstić information content (AvgIpc) is 2.53. The molecule has 108 valence electrons. The second-order valence-corrected chi connectivity index (χ2v) is 5.65. The third-order valence-corrected chi connectivity index (χ3v) is 3.74. The van der Waals surface area contributed by atoms with Crippen LogP contribution < -0.4 is 4.74 Å². The van der Waals surface area contributed by atoms with E-state index >= 15 is 0 Å². The van der Waals surface area contributed by atoms with E-state index in [0.717, 1.165) is 16.6 Å². The molecular formula is C18H17BrO2. The molecule has 3 heteroatoms. The van der Waals surface area contributed by atoms with Gasteiger partial charge in [0.05, 0.1) is 6.61 Å². The minimum Gasteiger partial charge on any atom is -0.494 e. The second kappa shape index (κ2) is 6.80. The molecule has 0 saturated heterocycles. The highest BCUT2D eigenvalue weighted by molar-refractivity contribution is 9.10. The molecular weight excluding hydrogens is 328 g/mol. The van der Waals surface area contributed by atoms with Crippen molar-refractivity contribution in [1.82, 2.24) is 0 Å². The van der Waals surface area contributed by atoms with Gasteiger partial charge in [-0.05, 0) is 30.7 Å². The van der Waals surface area contributed by atoms with Gasteiger partial charge < -0.3 is 9.84 Å². The molecule has 21 heavy (non-hydrogen) atoms. The maximum absolute atomic E-state index is 10.8. The van der Waals surface area contributed by atoms with Crippen molar-refractivity contribution in [1.29, 1.82) is 0 Å². The second-order valence-electron chi connectivity index (χ2n) is 4.73. The molecule has 0 saturated carbocycles. The Morgan fingerprint density at radius 2 is 1.62 bits per heavy atom. The van der Waals surface area contributed by atoms with Crippen molar-refractivity contribution in [3.8, 4) is 18.1 Å². The van der Waals surface area contributed by atoms with E-state index in [1.807, 2.05) is 36.4 Å². The summed E-state index contributed by atoms with van der Waals surface area (Å²) in [6.45, 7) is 2.73. The van der Waals surface area contributed by atoms with Gasteiger partial charge in [-0.2, -0.15) is 0 Å². The van der Waals surface area contributed by atoms with Gasteiger partial charge in [-0.1, -0.05) is 53.0 Å². The molecule has 0 radical (unpaired) electrons. The van der Waals surface area contributed by atoms with Gasteiger partial charge in [0.1, 0.15) is 5.75 Å². The minimum atomic E-state index is -1.44. The molecule has 0 amide bonds. The predicted octanol–water partition coefficient (Wildman–Crippen LogP) is 4.11. The van der Waals surface area contributed by atoms with Crippen molar-refractivity contribution in [3.63, 3.8) is 0 Å². The van der Waals surface area contributed by atoms with Crippen LogP contribution in [0.4, 0.5) is 0 Å². The van der Waals surface area contributed by atoms with E-state index in [-0.39, 0.29) is 0 Å². The number of aliphatic hydroxyl groups is 1. The lowest BCUT2D eigenvalue weighted by Crippen LogP contribution is -2.24. The van der Waals surface area contributed by atoms with Crippen LogP contribution >= 0.6 is 15.9 Å². The zero-order chi connectivity index (χ0) is 15.3. The van der Waals surface area contributed by atoms with Crippen LogP contribution in [0.15, 0.2) is 53.0 Å². The Morgan fingerprint density at radius 3 is 2.10 bits per heavy atom. The van der Waals surface area contributed by atoms with Gasteiger partial charge in [0.25, 0.3) is 0 Å². The number of terminal acetylenes is 1. The lowest BCUT2D eigenvalue weighted by Gasteiger charge is -2.23. The first-order valence-electron chi connectivity index (χ1n) is 6.79. The van der Waals surface area contributed by atoms with E-state index in [4.69, 9.17) is 11.2 Å². The summed E-state index contributed by atoms with van der Waals surface area (Å²) in [6, 6.07) is 14.6. The average molecular weight is 345 g/mol. The summed E-state index contributed by atoms with van der Waals surface area (Å²) in [5, 5.41) is 10.8. The van der Waals surface area contributed by atoms with Gasteiger partial charge >= 0.3 is 0 Å². The van der Waals surface area contributed by atoms with Crippen molar-refractivity contribution in [2.24, 2.45) is 0 Å². The summed E-state index contributed by atoms with van der Waals surface area (Å²) in [6.07, 6.45) is 6.54. The zero-order valence-electron chi connectivity index (χ0n) is 11.8. The van der Waals surface area contributed by atoms with Gasteiger partial charge in [0, 0.05) is 15.6 Å². The molecule has 1 atom stereocenters. The quantitative estimate of drug-likeness (QED) is 0.827. The van der Waals surface area contributed by atoms with Crippen molar-refractivity contribution < 1.29 is 9.84 Å². The molecule has 0 fully saturated rings. The smallest absolute Gasteiger partial charge is 0.176 e. The third-order valence-electron chi connectivity index (χ3n) is 3.22. The van der Waals surface area contributed by atoms with Crippen LogP contribution in [0.5, 0.6) is 5.75 Å². The summed E-state index contributed by atoms with van der Waals surface area (Å²) in [5.41, 5.74) is -0.129. The zero-order valence-corrected chi connectivity index (χ0v) is 13.4. The minimum absolute atomic E-state index is 0.649. The lowest BCUT2D eigenvalue weighted by molar-refractivity contribution is 0.145. The highest BCUT2D eigenvalue weighted by Gasteiger charge is 2.29. The van der Waals surface area contributed by atoms with E-state index in [9.17, 15) is 5.11 Å². The molecule has 2 rings (SSSR count). The topological polar surface area (TPSA) is 29.5 Å². The number of benzene rings is 2. The number of hydrogen-bond acceptors (Lipinski definition) is 2. The molecule has 2 nitrogen and oxygen atoms in total. The molecule has 0 aliphatic heterocycles. The highest BCUT2D eigenvalue weighted by Crippen LogP contribution is 2.31. The molecule has 2 aromatic rings. The van der Waals surface area contributed by atoms with Crippen molar-refractivity contribution in [3.05, 3.63) is 64.1 Å². The van der Waals surface area contributed by atoms with Crippen LogP contribution in [-0.4, -0.2) is 11.7 Å². The summed E-state index contributed by atoms with van der Waals surface area (Å²) >= 11 is 3.37. The van der Waals surface area contributed by atoms with Crippen LogP contribution in [0.1, 0.15) is 24.5 Å². The molecule has 0 heterocycles. The van der Waals surface area contributed by atoms with Crippen LogP contribution in [-0.2, 0) is 5.60 Å². The van der Waals surface area contributed by atoms with E-state index < -0.39 is 5.60 Å². The summed E-state index contributed by atoms with van der Waals surface area (Å²) in [7, 11) is 0. The standard InChI is InChI=1S/C18H17BrO2/c1-3-13-21-17-11-7-15(8-12-17)18(20,4-2)14-5-9-16(19)10-6-14/h2,5-12,20H,3,13H2,1H3. The van der Waals surface area contributed by atoms with Crippen LogP contribution in [0.3, 0.4) is 0 Å².